The third-order valence-corrected chi connectivity index (χ3v) is 4.99. The van der Waals surface area contributed by atoms with E-state index in [1.165, 1.54) is 17.0 Å². The van der Waals surface area contributed by atoms with Gasteiger partial charge in [0, 0.05) is 30.9 Å². The zero-order chi connectivity index (χ0) is 16.4. The van der Waals surface area contributed by atoms with Crippen LogP contribution in [0.5, 0.6) is 0 Å². The lowest BCUT2D eigenvalue weighted by Gasteiger charge is -2.34. The smallest absolute Gasteiger partial charge is 0.0925 e. The molecule has 4 rings (SSSR count). The SMILES string of the molecule is Cc1[nH]cnc1CN1CCc2[nH]cnc2[C@H]1CCc1ccccc1. The lowest BCUT2D eigenvalue weighted by atomic mass is 9.96. The van der Waals surface area contributed by atoms with Gasteiger partial charge in [-0.05, 0) is 25.3 Å². The van der Waals surface area contributed by atoms with E-state index in [9.17, 15) is 0 Å². The van der Waals surface area contributed by atoms with Crippen LogP contribution in [0.3, 0.4) is 0 Å². The fraction of sp³-hybridized carbons (Fsp3) is 0.368. The van der Waals surface area contributed by atoms with Crippen LogP contribution in [0.1, 0.15) is 40.8 Å². The standard InChI is InChI=1S/C19H23N5/c1-14-17(22-12-20-14)11-24-10-9-16-19(23-13-21-16)18(24)8-7-15-5-3-2-4-6-15/h2-6,12-13,18H,7-11H2,1H3,(H,20,22)(H,21,23)/t18-/m1/s1. The third-order valence-electron chi connectivity index (χ3n) is 4.99. The maximum atomic E-state index is 4.63. The summed E-state index contributed by atoms with van der Waals surface area (Å²) in [6, 6.07) is 11.0. The number of fused-ring (bicyclic) bond motifs is 1. The van der Waals surface area contributed by atoms with Crippen LogP contribution < -0.4 is 0 Å². The van der Waals surface area contributed by atoms with Crippen LogP contribution >= 0.6 is 0 Å². The number of hydrogen-bond acceptors (Lipinski definition) is 3. The molecule has 1 aromatic carbocycles. The molecule has 24 heavy (non-hydrogen) atoms. The minimum atomic E-state index is 0.344. The van der Waals surface area contributed by atoms with Crippen LogP contribution in [0, 0.1) is 6.92 Å². The van der Waals surface area contributed by atoms with Crippen molar-refractivity contribution >= 4 is 0 Å². The molecular formula is C19H23N5. The van der Waals surface area contributed by atoms with Crippen molar-refractivity contribution in [3.63, 3.8) is 0 Å². The summed E-state index contributed by atoms with van der Waals surface area (Å²) in [7, 11) is 0. The Kier molecular flexibility index (Phi) is 4.17. The van der Waals surface area contributed by atoms with Crippen molar-refractivity contribution in [2.24, 2.45) is 0 Å². The van der Waals surface area contributed by atoms with Crippen LogP contribution in [-0.2, 0) is 19.4 Å². The van der Waals surface area contributed by atoms with E-state index in [4.69, 9.17) is 0 Å². The lowest BCUT2D eigenvalue weighted by Crippen LogP contribution is -2.35. The van der Waals surface area contributed by atoms with Gasteiger partial charge in [0.2, 0.25) is 0 Å². The fourth-order valence-corrected chi connectivity index (χ4v) is 3.60. The number of H-pyrrole nitrogens is 2. The van der Waals surface area contributed by atoms with Crippen LogP contribution in [0.25, 0.3) is 0 Å². The first-order valence-corrected chi connectivity index (χ1v) is 8.60. The number of aromatic amines is 2. The number of benzene rings is 1. The second-order valence-corrected chi connectivity index (χ2v) is 6.50. The largest absolute Gasteiger partial charge is 0.348 e. The van der Waals surface area contributed by atoms with E-state index in [2.05, 4.69) is 62.1 Å². The molecule has 0 bridgehead atoms. The molecule has 0 radical (unpaired) electrons. The fourth-order valence-electron chi connectivity index (χ4n) is 3.60. The van der Waals surface area contributed by atoms with E-state index in [1.54, 1.807) is 6.33 Å². The van der Waals surface area contributed by atoms with Gasteiger partial charge in [0.05, 0.1) is 30.1 Å². The van der Waals surface area contributed by atoms with E-state index >= 15 is 0 Å². The van der Waals surface area contributed by atoms with E-state index in [1.807, 2.05) is 6.33 Å². The minimum absolute atomic E-state index is 0.344. The highest BCUT2D eigenvalue weighted by atomic mass is 15.2. The van der Waals surface area contributed by atoms with Crippen molar-refractivity contribution in [3.8, 4) is 0 Å². The highest BCUT2D eigenvalue weighted by molar-refractivity contribution is 5.22. The third kappa shape index (κ3) is 2.99. The molecule has 124 valence electrons. The summed E-state index contributed by atoms with van der Waals surface area (Å²) in [6.45, 7) is 4.01. The molecular weight excluding hydrogens is 298 g/mol. The predicted octanol–water partition coefficient (Wildman–Crippen LogP) is 3.17. The average molecular weight is 321 g/mol. The molecule has 2 aromatic heterocycles. The number of rotatable bonds is 5. The molecule has 0 amide bonds. The van der Waals surface area contributed by atoms with E-state index < -0.39 is 0 Å². The number of imidazole rings is 2. The van der Waals surface area contributed by atoms with Crippen molar-refractivity contribution in [3.05, 3.63) is 71.3 Å². The highest BCUT2D eigenvalue weighted by Crippen LogP contribution is 2.32. The van der Waals surface area contributed by atoms with Gasteiger partial charge in [-0.25, -0.2) is 9.97 Å². The van der Waals surface area contributed by atoms with E-state index in [0.29, 0.717) is 6.04 Å². The number of aryl methyl sites for hydroxylation is 2. The lowest BCUT2D eigenvalue weighted by molar-refractivity contribution is 0.161. The Morgan fingerprint density at radius 2 is 1.96 bits per heavy atom. The number of nitrogens with zero attached hydrogens (tertiary/aromatic N) is 3. The average Bonchev–Trinajstić information content (AvgIpc) is 3.24. The summed E-state index contributed by atoms with van der Waals surface area (Å²) in [4.78, 5) is 18.1. The summed E-state index contributed by atoms with van der Waals surface area (Å²) in [5.74, 6) is 0. The molecule has 0 fully saturated rings. The molecule has 3 heterocycles. The molecule has 1 atom stereocenters. The van der Waals surface area contributed by atoms with Gasteiger partial charge in [-0.2, -0.15) is 0 Å². The molecule has 5 heteroatoms. The van der Waals surface area contributed by atoms with E-state index in [0.717, 1.165) is 43.7 Å². The van der Waals surface area contributed by atoms with Crippen LogP contribution in [0.2, 0.25) is 0 Å². The summed E-state index contributed by atoms with van der Waals surface area (Å²) < 4.78 is 0. The topological polar surface area (TPSA) is 60.6 Å². The Morgan fingerprint density at radius 1 is 1.12 bits per heavy atom. The molecule has 0 saturated heterocycles. The molecule has 1 aliphatic heterocycles. The van der Waals surface area contributed by atoms with Gasteiger partial charge < -0.3 is 9.97 Å². The van der Waals surface area contributed by atoms with Gasteiger partial charge in [-0.1, -0.05) is 30.3 Å². The Hall–Kier alpha value is -2.40. The second kappa shape index (κ2) is 6.61. The van der Waals surface area contributed by atoms with Gasteiger partial charge in [0.25, 0.3) is 0 Å². The van der Waals surface area contributed by atoms with Crippen molar-refractivity contribution in [2.75, 3.05) is 6.54 Å². The van der Waals surface area contributed by atoms with E-state index in [-0.39, 0.29) is 0 Å². The first-order valence-electron chi connectivity index (χ1n) is 8.60. The maximum absolute atomic E-state index is 4.63. The molecule has 3 aromatic rings. The van der Waals surface area contributed by atoms with Gasteiger partial charge in [-0.15, -0.1) is 0 Å². The maximum Gasteiger partial charge on any atom is 0.0925 e. The van der Waals surface area contributed by atoms with Gasteiger partial charge >= 0.3 is 0 Å². The van der Waals surface area contributed by atoms with Crippen LogP contribution in [0.4, 0.5) is 0 Å². The quantitative estimate of drug-likeness (QED) is 0.759. The first-order chi connectivity index (χ1) is 11.8. The van der Waals surface area contributed by atoms with Crippen molar-refractivity contribution < 1.29 is 0 Å². The molecule has 5 nitrogen and oxygen atoms in total. The second-order valence-electron chi connectivity index (χ2n) is 6.50. The Balaban J connectivity index is 1.55. The predicted molar refractivity (Wildman–Crippen MR) is 93.5 cm³/mol. The van der Waals surface area contributed by atoms with Crippen molar-refractivity contribution in [1.82, 2.24) is 24.8 Å². The van der Waals surface area contributed by atoms with Gasteiger partial charge in [0.1, 0.15) is 0 Å². The highest BCUT2D eigenvalue weighted by Gasteiger charge is 2.29. The molecule has 0 saturated carbocycles. The Morgan fingerprint density at radius 3 is 2.75 bits per heavy atom. The van der Waals surface area contributed by atoms with Gasteiger partial charge in [0.15, 0.2) is 0 Å². The molecule has 2 N–H and O–H groups in total. The number of aromatic nitrogens is 4. The zero-order valence-corrected chi connectivity index (χ0v) is 14.0. The Bertz CT molecular complexity index is 789. The Labute approximate surface area is 142 Å². The monoisotopic (exact) mass is 321 g/mol. The molecule has 0 unspecified atom stereocenters. The van der Waals surface area contributed by atoms with Crippen LogP contribution in [0.15, 0.2) is 43.0 Å². The summed E-state index contributed by atoms with van der Waals surface area (Å²) in [5.41, 5.74) is 6.19. The normalized spacial score (nSPS) is 17.8. The zero-order valence-electron chi connectivity index (χ0n) is 14.0. The summed E-state index contributed by atoms with van der Waals surface area (Å²) in [6.07, 6.45) is 6.79. The van der Waals surface area contributed by atoms with Crippen molar-refractivity contribution in [1.29, 1.82) is 0 Å². The summed E-state index contributed by atoms with van der Waals surface area (Å²) in [5, 5.41) is 0. The first kappa shape index (κ1) is 15.1. The molecule has 0 spiro atoms. The number of hydrogen-bond donors (Lipinski definition) is 2. The van der Waals surface area contributed by atoms with Crippen LogP contribution in [-0.4, -0.2) is 31.4 Å². The molecule has 0 aliphatic carbocycles. The minimum Gasteiger partial charge on any atom is -0.348 e. The van der Waals surface area contributed by atoms with Crippen molar-refractivity contribution in [2.45, 2.75) is 38.8 Å². The molecule has 1 aliphatic rings. The number of nitrogens with one attached hydrogen (secondary N) is 2. The van der Waals surface area contributed by atoms with Gasteiger partial charge in [-0.3, -0.25) is 4.90 Å². The summed E-state index contributed by atoms with van der Waals surface area (Å²) >= 11 is 0.